The van der Waals surface area contributed by atoms with Crippen LogP contribution in [0.1, 0.15) is 32.6 Å². The number of hydrogen-bond donors (Lipinski definition) is 2. The van der Waals surface area contributed by atoms with Gasteiger partial charge in [-0.05, 0) is 31.4 Å². The molecule has 0 aliphatic heterocycles. The van der Waals surface area contributed by atoms with Gasteiger partial charge in [0.05, 0.1) is 11.4 Å². The highest BCUT2D eigenvalue weighted by atomic mass is 16.5. The lowest BCUT2D eigenvalue weighted by molar-refractivity contribution is -0.126. The summed E-state index contributed by atoms with van der Waals surface area (Å²) in [6, 6.07) is 7.23. The molecule has 1 aliphatic rings. The number of para-hydroxylation sites is 2. The molecule has 0 bridgehead atoms. The van der Waals surface area contributed by atoms with Crippen molar-refractivity contribution >= 4 is 17.3 Å². The van der Waals surface area contributed by atoms with Crippen molar-refractivity contribution in [1.29, 1.82) is 0 Å². The Hall–Kier alpha value is -1.55. The standard InChI is InChI=1S/C15H22N2O2/c1-11(19-10-9-12-5-4-6-12)15(18)17-14-8-3-2-7-13(14)16/h2-3,7-8,11-12H,4-6,9-10,16H2,1H3,(H,17,18). The van der Waals surface area contributed by atoms with Crippen molar-refractivity contribution in [2.75, 3.05) is 17.7 Å². The molecule has 0 saturated heterocycles. The summed E-state index contributed by atoms with van der Waals surface area (Å²) in [6.45, 7) is 2.43. The Labute approximate surface area is 114 Å². The molecule has 19 heavy (non-hydrogen) atoms. The normalized spacial score (nSPS) is 16.7. The number of ether oxygens (including phenoxy) is 1. The Morgan fingerprint density at radius 3 is 2.84 bits per heavy atom. The molecule has 1 aliphatic carbocycles. The third-order valence-electron chi connectivity index (χ3n) is 3.71. The van der Waals surface area contributed by atoms with E-state index in [1.165, 1.54) is 19.3 Å². The molecule has 0 aromatic heterocycles. The molecule has 1 aromatic rings. The number of nitrogens with one attached hydrogen (secondary N) is 1. The van der Waals surface area contributed by atoms with E-state index in [0.29, 0.717) is 18.0 Å². The fraction of sp³-hybridized carbons (Fsp3) is 0.533. The minimum Gasteiger partial charge on any atom is -0.397 e. The molecule has 4 nitrogen and oxygen atoms in total. The van der Waals surface area contributed by atoms with Crippen molar-refractivity contribution in [2.24, 2.45) is 5.92 Å². The molecule has 1 saturated carbocycles. The largest absolute Gasteiger partial charge is 0.397 e. The molecule has 1 aromatic carbocycles. The quantitative estimate of drug-likeness (QED) is 0.775. The highest BCUT2D eigenvalue weighted by Crippen LogP contribution is 2.29. The first-order valence-corrected chi connectivity index (χ1v) is 6.94. The molecule has 0 radical (unpaired) electrons. The number of rotatable bonds is 6. The second-order valence-electron chi connectivity index (χ2n) is 5.18. The minimum absolute atomic E-state index is 0.147. The molecular weight excluding hydrogens is 240 g/mol. The fourth-order valence-electron chi connectivity index (χ4n) is 2.11. The van der Waals surface area contributed by atoms with E-state index in [4.69, 9.17) is 10.5 Å². The van der Waals surface area contributed by atoms with Gasteiger partial charge in [0.1, 0.15) is 6.10 Å². The number of amides is 1. The number of anilines is 2. The maximum Gasteiger partial charge on any atom is 0.253 e. The summed E-state index contributed by atoms with van der Waals surface area (Å²) in [4.78, 5) is 11.9. The van der Waals surface area contributed by atoms with Crippen LogP contribution >= 0.6 is 0 Å². The molecule has 3 N–H and O–H groups in total. The predicted octanol–water partition coefficient (Wildman–Crippen LogP) is 2.80. The Bertz CT molecular complexity index is 430. The average molecular weight is 262 g/mol. The van der Waals surface area contributed by atoms with Gasteiger partial charge in [-0.15, -0.1) is 0 Å². The Balaban J connectivity index is 1.73. The van der Waals surface area contributed by atoms with Gasteiger partial charge in [0.25, 0.3) is 5.91 Å². The van der Waals surface area contributed by atoms with E-state index in [0.717, 1.165) is 12.3 Å². The smallest absolute Gasteiger partial charge is 0.253 e. The lowest BCUT2D eigenvalue weighted by Gasteiger charge is -2.25. The van der Waals surface area contributed by atoms with Crippen molar-refractivity contribution in [3.63, 3.8) is 0 Å². The highest BCUT2D eigenvalue weighted by Gasteiger charge is 2.19. The Morgan fingerprint density at radius 2 is 2.21 bits per heavy atom. The van der Waals surface area contributed by atoms with Crippen LogP contribution < -0.4 is 11.1 Å². The van der Waals surface area contributed by atoms with Crippen LogP contribution in [-0.4, -0.2) is 18.6 Å². The molecule has 2 rings (SSSR count). The van der Waals surface area contributed by atoms with E-state index in [2.05, 4.69) is 5.32 Å². The third kappa shape index (κ3) is 3.96. The summed E-state index contributed by atoms with van der Waals surface area (Å²) in [5.41, 5.74) is 6.99. The van der Waals surface area contributed by atoms with Crippen molar-refractivity contribution in [3.8, 4) is 0 Å². The van der Waals surface area contributed by atoms with E-state index in [1.54, 1.807) is 19.1 Å². The average Bonchev–Trinajstić information content (AvgIpc) is 2.34. The second-order valence-corrected chi connectivity index (χ2v) is 5.18. The first-order valence-electron chi connectivity index (χ1n) is 6.94. The van der Waals surface area contributed by atoms with Crippen LogP contribution in [0.4, 0.5) is 11.4 Å². The zero-order valence-electron chi connectivity index (χ0n) is 11.4. The van der Waals surface area contributed by atoms with Crippen LogP contribution in [0.2, 0.25) is 0 Å². The molecule has 104 valence electrons. The monoisotopic (exact) mass is 262 g/mol. The number of benzene rings is 1. The SMILES string of the molecule is CC(OCCC1CCC1)C(=O)Nc1ccccc1N. The summed E-state index contributed by atoms with van der Waals surface area (Å²) in [5, 5.41) is 2.79. The maximum absolute atomic E-state index is 11.9. The van der Waals surface area contributed by atoms with Crippen LogP contribution in [0.15, 0.2) is 24.3 Å². The molecule has 1 unspecified atom stereocenters. The van der Waals surface area contributed by atoms with Gasteiger partial charge in [-0.1, -0.05) is 31.4 Å². The van der Waals surface area contributed by atoms with Crippen LogP contribution in [-0.2, 0) is 9.53 Å². The molecule has 0 spiro atoms. The zero-order valence-corrected chi connectivity index (χ0v) is 11.4. The summed E-state index contributed by atoms with van der Waals surface area (Å²) >= 11 is 0. The van der Waals surface area contributed by atoms with Gasteiger partial charge in [0, 0.05) is 6.61 Å². The summed E-state index contributed by atoms with van der Waals surface area (Å²) < 4.78 is 5.57. The van der Waals surface area contributed by atoms with Gasteiger partial charge in [-0.3, -0.25) is 4.79 Å². The van der Waals surface area contributed by atoms with Gasteiger partial charge in [-0.25, -0.2) is 0 Å². The lowest BCUT2D eigenvalue weighted by atomic mass is 9.83. The highest BCUT2D eigenvalue weighted by molar-refractivity contribution is 5.96. The van der Waals surface area contributed by atoms with E-state index in [9.17, 15) is 4.79 Å². The van der Waals surface area contributed by atoms with Crippen LogP contribution in [0, 0.1) is 5.92 Å². The first-order chi connectivity index (χ1) is 9.16. The van der Waals surface area contributed by atoms with Crippen LogP contribution in [0.3, 0.4) is 0 Å². The summed E-state index contributed by atoms with van der Waals surface area (Å²) in [6.07, 6.45) is 4.58. The van der Waals surface area contributed by atoms with Gasteiger partial charge < -0.3 is 15.8 Å². The van der Waals surface area contributed by atoms with Gasteiger partial charge in [-0.2, -0.15) is 0 Å². The fourth-order valence-corrected chi connectivity index (χ4v) is 2.11. The molecular formula is C15H22N2O2. The molecule has 1 atom stereocenters. The van der Waals surface area contributed by atoms with Gasteiger partial charge >= 0.3 is 0 Å². The van der Waals surface area contributed by atoms with E-state index >= 15 is 0 Å². The Kier molecular flexibility index (Phi) is 4.80. The van der Waals surface area contributed by atoms with Gasteiger partial charge in [0.15, 0.2) is 0 Å². The number of nitrogen functional groups attached to an aromatic ring is 1. The van der Waals surface area contributed by atoms with E-state index in [-0.39, 0.29) is 5.91 Å². The molecule has 0 heterocycles. The lowest BCUT2D eigenvalue weighted by Crippen LogP contribution is -2.29. The predicted molar refractivity (Wildman–Crippen MR) is 76.9 cm³/mol. The number of carbonyl (C=O) groups is 1. The van der Waals surface area contributed by atoms with Gasteiger partial charge in [0.2, 0.25) is 0 Å². The molecule has 1 amide bonds. The number of nitrogens with two attached hydrogens (primary N) is 1. The van der Waals surface area contributed by atoms with Crippen molar-refractivity contribution in [1.82, 2.24) is 0 Å². The molecule has 4 heteroatoms. The Morgan fingerprint density at radius 1 is 1.47 bits per heavy atom. The minimum atomic E-state index is -0.445. The van der Waals surface area contributed by atoms with Crippen LogP contribution in [0.25, 0.3) is 0 Å². The van der Waals surface area contributed by atoms with Crippen molar-refractivity contribution in [3.05, 3.63) is 24.3 Å². The zero-order chi connectivity index (χ0) is 13.7. The third-order valence-corrected chi connectivity index (χ3v) is 3.71. The van der Waals surface area contributed by atoms with Crippen LogP contribution in [0.5, 0.6) is 0 Å². The summed E-state index contributed by atoms with van der Waals surface area (Å²) in [7, 11) is 0. The van der Waals surface area contributed by atoms with E-state index in [1.807, 2.05) is 12.1 Å². The number of carbonyl (C=O) groups excluding carboxylic acids is 1. The van der Waals surface area contributed by atoms with Crippen molar-refractivity contribution in [2.45, 2.75) is 38.7 Å². The second kappa shape index (κ2) is 6.57. The molecule has 1 fully saturated rings. The summed E-state index contributed by atoms with van der Waals surface area (Å²) in [5.74, 6) is 0.659. The number of hydrogen-bond acceptors (Lipinski definition) is 3. The topological polar surface area (TPSA) is 64.3 Å². The van der Waals surface area contributed by atoms with Crippen molar-refractivity contribution < 1.29 is 9.53 Å². The van der Waals surface area contributed by atoms with E-state index < -0.39 is 6.10 Å². The maximum atomic E-state index is 11.9. The first kappa shape index (κ1) is 13.9.